The van der Waals surface area contributed by atoms with Crippen molar-refractivity contribution in [1.29, 1.82) is 0 Å². The van der Waals surface area contributed by atoms with E-state index >= 15 is 0 Å². The monoisotopic (exact) mass is 382 g/mol. The van der Waals surface area contributed by atoms with Gasteiger partial charge >= 0.3 is 5.97 Å². The number of benzene rings is 2. The van der Waals surface area contributed by atoms with E-state index in [1.807, 2.05) is 23.1 Å². The van der Waals surface area contributed by atoms with Gasteiger partial charge in [-0.2, -0.15) is 0 Å². The Labute approximate surface area is 161 Å². The lowest BCUT2D eigenvalue weighted by molar-refractivity contribution is 0.0686. The number of aromatic nitrogens is 1. The summed E-state index contributed by atoms with van der Waals surface area (Å²) < 4.78 is 0. The summed E-state index contributed by atoms with van der Waals surface area (Å²) in [6, 6.07) is 14.4. The third-order valence-electron chi connectivity index (χ3n) is 5.15. The van der Waals surface area contributed by atoms with E-state index < -0.39 is 5.97 Å². The number of carboxylic acid groups (broad SMARTS) is 1. The van der Waals surface area contributed by atoms with E-state index in [2.05, 4.69) is 4.98 Å². The Morgan fingerprint density at radius 1 is 1.15 bits per heavy atom. The summed E-state index contributed by atoms with van der Waals surface area (Å²) in [5.74, 6) is -0.855. The van der Waals surface area contributed by atoms with Gasteiger partial charge in [-0.1, -0.05) is 29.8 Å². The number of nitrogens with zero attached hydrogens (tertiary/aromatic N) is 1. The summed E-state index contributed by atoms with van der Waals surface area (Å²) in [6.07, 6.45) is 1.82. The number of fused-ring (bicyclic) bond motifs is 1. The van der Waals surface area contributed by atoms with Gasteiger partial charge in [0, 0.05) is 34.9 Å². The number of hydrogen-bond acceptors (Lipinski definition) is 2. The molecule has 0 bridgehead atoms. The standard InChI is InChI=1S/C21H19ClN2O3/c22-17-7-2-8-18-16(17)11-19(23-18)20(25)24-9-3-6-15(12-24)13-4-1-5-14(10-13)21(26)27/h1-2,4-5,7-8,10-11,15,23H,3,6,9,12H2,(H,26,27). The molecule has 0 radical (unpaired) electrons. The predicted octanol–water partition coefficient (Wildman–Crippen LogP) is 4.54. The second kappa shape index (κ2) is 7.08. The Hall–Kier alpha value is -2.79. The van der Waals surface area contributed by atoms with Crippen LogP contribution in [0.3, 0.4) is 0 Å². The van der Waals surface area contributed by atoms with E-state index in [1.54, 1.807) is 30.3 Å². The van der Waals surface area contributed by atoms with E-state index in [0.717, 1.165) is 29.3 Å². The highest BCUT2D eigenvalue weighted by Crippen LogP contribution is 2.29. The van der Waals surface area contributed by atoms with Crippen LogP contribution in [0.25, 0.3) is 10.9 Å². The predicted molar refractivity (Wildman–Crippen MR) is 105 cm³/mol. The van der Waals surface area contributed by atoms with Gasteiger partial charge in [0.2, 0.25) is 0 Å². The van der Waals surface area contributed by atoms with Crippen LogP contribution in [0, 0.1) is 0 Å². The van der Waals surface area contributed by atoms with Gasteiger partial charge in [0.25, 0.3) is 5.91 Å². The van der Waals surface area contributed by atoms with Crippen molar-refractivity contribution in [3.8, 4) is 0 Å². The Kier molecular flexibility index (Phi) is 4.62. The molecule has 0 aliphatic carbocycles. The van der Waals surface area contributed by atoms with Crippen molar-refractivity contribution < 1.29 is 14.7 Å². The summed E-state index contributed by atoms with van der Waals surface area (Å²) in [6.45, 7) is 1.27. The number of aromatic carboxylic acids is 1. The van der Waals surface area contributed by atoms with E-state index in [0.29, 0.717) is 23.8 Å². The van der Waals surface area contributed by atoms with Crippen molar-refractivity contribution in [3.05, 3.63) is 70.4 Å². The van der Waals surface area contributed by atoms with E-state index in [-0.39, 0.29) is 17.4 Å². The molecular weight excluding hydrogens is 364 g/mol. The average Bonchev–Trinajstić information content (AvgIpc) is 3.13. The lowest BCUT2D eigenvalue weighted by Gasteiger charge is -2.33. The van der Waals surface area contributed by atoms with Crippen LogP contribution in [-0.4, -0.2) is 40.0 Å². The van der Waals surface area contributed by atoms with Crippen molar-refractivity contribution in [3.63, 3.8) is 0 Å². The fourth-order valence-corrected chi connectivity index (χ4v) is 3.99. The number of carbonyl (C=O) groups excluding carboxylic acids is 1. The SMILES string of the molecule is O=C(O)c1cccc(C2CCCN(C(=O)c3cc4c(Cl)cccc4[nH]3)C2)c1. The average molecular weight is 383 g/mol. The molecule has 1 amide bonds. The van der Waals surface area contributed by atoms with Gasteiger partial charge < -0.3 is 15.0 Å². The highest BCUT2D eigenvalue weighted by Gasteiger charge is 2.27. The Balaban J connectivity index is 1.57. The molecule has 2 N–H and O–H groups in total. The molecule has 6 heteroatoms. The van der Waals surface area contributed by atoms with Gasteiger partial charge in [-0.15, -0.1) is 0 Å². The Morgan fingerprint density at radius 3 is 2.74 bits per heavy atom. The van der Waals surface area contributed by atoms with Gasteiger partial charge in [-0.3, -0.25) is 4.79 Å². The molecule has 1 aliphatic heterocycles. The van der Waals surface area contributed by atoms with E-state index in [9.17, 15) is 14.7 Å². The lowest BCUT2D eigenvalue weighted by atomic mass is 9.89. The zero-order chi connectivity index (χ0) is 19.0. The number of carbonyl (C=O) groups is 2. The molecule has 1 fully saturated rings. The van der Waals surface area contributed by atoms with Gasteiger partial charge in [0.15, 0.2) is 0 Å². The van der Waals surface area contributed by atoms with Crippen LogP contribution in [0.15, 0.2) is 48.5 Å². The number of nitrogens with one attached hydrogen (secondary N) is 1. The second-order valence-corrected chi connectivity index (χ2v) is 7.31. The first-order chi connectivity index (χ1) is 13.0. The Bertz CT molecular complexity index is 1030. The third-order valence-corrected chi connectivity index (χ3v) is 5.48. The van der Waals surface area contributed by atoms with Crippen LogP contribution in [0.4, 0.5) is 0 Å². The summed E-state index contributed by atoms with van der Waals surface area (Å²) in [4.78, 5) is 29.2. The van der Waals surface area contributed by atoms with Gasteiger partial charge in [-0.05, 0) is 48.7 Å². The van der Waals surface area contributed by atoms with Gasteiger partial charge in [0.05, 0.1) is 5.56 Å². The van der Waals surface area contributed by atoms with Crippen LogP contribution in [0.1, 0.15) is 45.2 Å². The molecular formula is C21H19ClN2O3. The molecule has 27 heavy (non-hydrogen) atoms. The fourth-order valence-electron chi connectivity index (χ4n) is 3.76. The number of aromatic amines is 1. The Morgan fingerprint density at radius 2 is 1.96 bits per heavy atom. The molecule has 4 rings (SSSR count). The number of amides is 1. The third kappa shape index (κ3) is 3.43. The molecule has 1 saturated heterocycles. The van der Waals surface area contributed by atoms with Crippen molar-refractivity contribution in [2.45, 2.75) is 18.8 Å². The summed E-state index contributed by atoms with van der Waals surface area (Å²) in [5.41, 5.74) is 2.61. The second-order valence-electron chi connectivity index (χ2n) is 6.91. The molecule has 0 saturated carbocycles. The molecule has 1 aromatic heterocycles. The lowest BCUT2D eigenvalue weighted by Crippen LogP contribution is -2.39. The van der Waals surface area contributed by atoms with Crippen LogP contribution >= 0.6 is 11.6 Å². The molecule has 1 aliphatic rings. The quantitative estimate of drug-likeness (QED) is 0.698. The van der Waals surface area contributed by atoms with E-state index in [1.165, 1.54) is 0 Å². The highest BCUT2D eigenvalue weighted by molar-refractivity contribution is 6.35. The minimum absolute atomic E-state index is 0.0543. The minimum atomic E-state index is -0.935. The molecule has 2 aromatic carbocycles. The molecule has 1 unspecified atom stereocenters. The molecule has 3 aromatic rings. The fraction of sp³-hybridized carbons (Fsp3) is 0.238. The number of hydrogen-bond donors (Lipinski definition) is 2. The maximum Gasteiger partial charge on any atom is 0.335 e. The van der Waals surface area contributed by atoms with Crippen molar-refractivity contribution in [2.75, 3.05) is 13.1 Å². The summed E-state index contributed by atoms with van der Waals surface area (Å²) >= 11 is 6.21. The first kappa shape index (κ1) is 17.6. The van der Waals surface area contributed by atoms with Crippen LogP contribution < -0.4 is 0 Å². The highest BCUT2D eigenvalue weighted by atomic mass is 35.5. The zero-order valence-corrected chi connectivity index (χ0v) is 15.4. The number of rotatable bonds is 3. The maximum atomic E-state index is 13.0. The largest absolute Gasteiger partial charge is 0.478 e. The summed E-state index contributed by atoms with van der Waals surface area (Å²) in [7, 11) is 0. The summed E-state index contributed by atoms with van der Waals surface area (Å²) in [5, 5.41) is 10.7. The van der Waals surface area contributed by atoms with Crippen LogP contribution in [-0.2, 0) is 0 Å². The molecule has 0 spiro atoms. The smallest absolute Gasteiger partial charge is 0.335 e. The molecule has 1 atom stereocenters. The number of piperidine rings is 1. The molecule has 5 nitrogen and oxygen atoms in total. The first-order valence-corrected chi connectivity index (χ1v) is 9.30. The number of likely N-dealkylation sites (tertiary alicyclic amines) is 1. The molecule has 2 heterocycles. The molecule has 138 valence electrons. The van der Waals surface area contributed by atoms with Gasteiger partial charge in [0.1, 0.15) is 5.69 Å². The number of carboxylic acids is 1. The maximum absolute atomic E-state index is 13.0. The van der Waals surface area contributed by atoms with Crippen LogP contribution in [0.5, 0.6) is 0 Å². The minimum Gasteiger partial charge on any atom is -0.478 e. The first-order valence-electron chi connectivity index (χ1n) is 8.92. The van der Waals surface area contributed by atoms with E-state index in [4.69, 9.17) is 11.6 Å². The number of halogens is 1. The van der Waals surface area contributed by atoms with Gasteiger partial charge in [-0.25, -0.2) is 4.79 Å². The normalized spacial score (nSPS) is 17.2. The van der Waals surface area contributed by atoms with Crippen molar-refractivity contribution in [2.24, 2.45) is 0 Å². The topological polar surface area (TPSA) is 73.4 Å². The number of H-pyrrole nitrogens is 1. The zero-order valence-electron chi connectivity index (χ0n) is 14.6. The van der Waals surface area contributed by atoms with Crippen molar-refractivity contribution in [1.82, 2.24) is 9.88 Å². The van der Waals surface area contributed by atoms with Crippen molar-refractivity contribution >= 4 is 34.4 Å². The van der Waals surface area contributed by atoms with Crippen LogP contribution in [0.2, 0.25) is 5.02 Å².